The highest BCUT2D eigenvalue weighted by Gasteiger charge is 2.09. The Bertz CT molecular complexity index is 489. The molecule has 8 heteroatoms. The van der Waals surface area contributed by atoms with Crippen LogP contribution in [0.3, 0.4) is 0 Å². The van der Waals surface area contributed by atoms with Gasteiger partial charge in [0.1, 0.15) is 18.0 Å². The largest absolute Gasteiger partial charge is 0.370 e. The number of hydrogen-bond acceptors (Lipinski definition) is 6. The SMILES string of the molecule is CCNc1ncnc(NCCS(N)(=O)=O)c1CC. The minimum absolute atomic E-state index is 0.128. The molecule has 0 saturated heterocycles. The molecule has 1 aromatic heterocycles. The van der Waals surface area contributed by atoms with Crippen LogP contribution in [0.2, 0.25) is 0 Å². The van der Waals surface area contributed by atoms with Gasteiger partial charge in [0.05, 0.1) is 5.75 Å². The van der Waals surface area contributed by atoms with E-state index >= 15 is 0 Å². The monoisotopic (exact) mass is 273 g/mol. The molecular formula is C10H19N5O2S. The zero-order chi connectivity index (χ0) is 13.6. The summed E-state index contributed by atoms with van der Waals surface area (Å²) in [7, 11) is -3.46. The maximum absolute atomic E-state index is 10.8. The van der Waals surface area contributed by atoms with Gasteiger partial charge in [-0.3, -0.25) is 0 Å². The predicted octanol–water partition coefficient (Wildman–Crippen LogP) is 0.171. The minimum atomic E-state index is -3.46. The van der Waals surface area contributed by atoms with Gasteiger partial charge in [0.2, 0.25) is 10.0 Å². The van der Waals surface area contributed by atoms with Crippen molar-refractivity contribution >= 4 is 21.7 Å². The second-order valence-corrected chi connectivity index (χ2v) is 5.46. The number of nitrogens with zero attached hydrogens (tertiary/aromatic N) is 2. The van der Waals surface area contributed by atoms with E-state index in [2.05, 4.69) is 20.6 Å². The molecule has 18 heavy (non-hydrogen) atoms. The van der Waals surface area contributed by atoms with E-state index in [0.29, 0.717) is 5.82 Å². The van der Waals surface area contributed by atoms with Crippen LogP contribution in [-0.4, -0.2) is 37.2 Å². The molecule has 102 valence electrons. The average molecular weight is 273 g/mol. The summed E-state index contributed by atoms with van der Waals surface area (Å²) in [5.74, 6) is 1.29. The molecule has 0 bridgehead atoms. The van der Waals surface area contributed by atoms with Crippen molar-refractivity contribution in [1.82, 2.24) is 9.97 Å². The van der Waals surface area contributed by atoms with Gasteiger partial charge >= 0.3 is 0 Å². The smallest absolute Gasteiger partial charge is 0.210 e. The van der Waals surface area contributed by atoms with Crippen LogP contribution in [0, 0.1) is 0 Å². The first-order valence-corrected chi connectivity index (χ1v) is 7.51. The zero-order valence-electron chi connectivity index (χ0n) is 10.6. The molecule has 0 atom stereocenters. The second-order valence-electron chi connectivity index (χ2n) is 3.73. The highest BCUT2D eigenvalue weighted by molar-refractivity contribution is 7.89. The molecule has 4 N–H and O–H groups in total. The molecule has 1 rings (SSSR count). The van der Waals surface area contributed by atoms with E-state index in [4.69, 9.17) is 5.14 Å². The number of hydrogen-bond donors (Lipinski definition) is 3. The molecule has 0 aromatic carbocycles. The van der Waals surface area contributed by atoms with Gasteiger partial charge in [-0.15, -0.1) is 0 Å². The summed E-state index contributed by atoms with van der Waals surface area (Å²) in [5.41, 5.74) is 0.939. The lowest BCUT2D eigenvalue weighted by atomic mass is 10.2. The number of nitrogens with one attached hydrogen (secondary N) is 2. The first kappa shape index (κ1) is 14.7. The Kier molecular flexibility index (Phi) is 5.29. The molecule has 0 saturated carbocycles. The van der Waals surface area contributed by atoms with E-state index in [0.717, 1.165) is 24.3 Å². The summed E-state index contributed by atoms with van der Waals surface area (Å²) in [4.78, 5) is 8.27. The number of nitrogens with two attached hydrogens (primary N) is 1. The van der Waals surface area contributed by atoms with Gasteiger partial charge in [0.15, 0.2) is 0 Å². The zero-order valence-corrected chi connectivity index (χ0v) is 11.4. The van der Waals surface area contributed by atoms with E-state index in [1.54, 1.807) is 0 Å². The van der Waals surface area contributed by atoms with Crippen molar-refractivity contribution in [2.45, 2.75) is 20.3 Å². The lowest BCUT2D eigenvalue weighted by Gasteiger charge is -2.13. The Balaban J connectivity index is 2.78. The second kappa shape index (κ2) is 6.50. The van der Waals surface area contributed by atoms with Crippen LogP contribution >= 0.6 is 0 Å². The fraction of sp³-hybridized carbons (Fsp3) is 0.600. The Hall–Kier alpha value is -1.41. The molecule has 0 spiro atoms. The predicted molar refractivity (Wildman–Crippen MR) is 72.0 cm³/mol. The van der Waals surface area contributed by atoms with Crippen molar-refractivity contribution in [2.75, 3.05) is 29.5 Å². The summed E-state index contributed by atoms with van der Waals surface area (Å²) < 4.78 is 21.7. The van der Waals surface area contributed by atoms with Crippen LogP contribution in [0.4, 0.5) is 11.6 Å². The maximum atomic E-state index is 10.8. The van der Waals surface area contributed by atoms with Crippen LogP contribution in [0.25, 0.3) is 0 Å². The van der Waals surface area contributed by atoms with Crippen LogP contribution in [0.5, 0.6) is 0 Å². The van der Waals surface area contributed by atoms with E-state index in [-0.39, 0.29) is 12.3 Å². The normalized spacial score (nSPS) is 11.3. The topological polar surface area (TPSA) is 110 Å². The number of rotatable bonds is 7. The molecule has 1 aromatic rings. The molecule has 0 amide bonds. The highest BCUT2D eigenvalue weighted by atomic mass is 32.2. The van der Waals surface area contributed by atoms with Crippen LogP contribution in [0.1, 0.15) is 19.4 Å². The minimum Gasteiger partial charge on any atom is -0.370 e. The summed E-state index contributed by atoms with van der Waals surface area (Å²) in [6.45, 7) is 4.97. The summed E-state index contributed by atoms with van der Waals surface area (Å²) >= 11 is 0. The van der Waals surface area contributed by atoms with Crippen LogP contribution in [-0.2, 0) is 16.4 Å². The Morgan fingerprint density at radius 3 is 2.33 bits per heavy atom. The molecule has 0 aliphatic heterocycles. The Morgan fingerprint density at radius 1 is 1.22 bits per heavy atom. The first-order chi connectivity index (χ1) is 8.48. The third-order valence-corrected chi connectivity index (χ3v) is 3.10. The molecule has 1 heterocycles. The van der Waals surface area contributed by atoms with E-state index < -0.39 is 10.0 Å². The Labute approximate surface area is 107 Å². The number of sulfonamides is 1. The first-order valence-electron chi connectivity index (χ1n) is 5.80. The van der Waals surface area contributed by atoms with Gasteiger partial charge in [-0.05, 0) is 13.3 Å². The molecular weight excluding hydrogens is 254 g/mol. The molecule has 0 aliphatic rings. The molecule has 0 unspecified atom stereocenters. The number of aromatic nitrogens is 2. The third-order valence-electron chi connectivity index (χ3n) is 2.32. The fourth-order valence-corrected chi connectivity index (χ4v) is 1.92. The van der Waals surface area contributed by atoms with E-state index in [9.17, 15) is 8.42 Å². The lowest BCUT2D eigenvalue weighted by Crippen LogP contribution is -2.23. The van der Waals surface area contributed by atoms with Crippen molar-refractivity contribution < 1.29 is 8.42 Å². The molecule has 7 nitrogen and oxygen atoms in total. The van der Waals surface area contributed by atoms with Crippen molar-refractivity contribution in [3.05, 3.63) is 11.9 Å². The lowest BCUT2D eigenvalue weighted by molar-refractivity contribution is 0.598. The van der Waals surface area contributed by atoms with Gasteiger partial charge in [0.25, 0.3) is 0 Å². The van der Waals surface area contributed by atoms with Crippen LogP contribution in [0.15, 0.2) is 6.33 Å². The van der Waals surface area contributed by atoms with E-state index in [1.807, 2.05) is 13.8 Å². The van der Waals surface area contributed by atoms with Crippen molar-refractivity contribution in [2.24, 2.45) is 5.14 Å². The Morgan fingerprint density at radius 2 is 1.83 bits per heavy atom. The van der Waals surface area contributed by atoms with Crippen LogP contribution < -0.4 is 15.8 Å². The molecule has 0 aliphatic carbocycles. The third kappa shape index (κ3) is 4.46. The quantitative estimate of drug-likeness (QED) is 0.653. The molecule has 0 fully saturated rings. The standard InChI is InChI=1S/C10H19N5O2S/c1-3-8-9(12-4-2)14-7-15-10(8)13-5-6-18(11,16)17/h7H,3-6H2,1-2H3,(H2,11,16,17)(H2,12,13,14,15). The van der Waals surface area contributed by atoms with Gasteiger partial charge in [-0.1, -0.05) is 6.92 Å². The van der Waals surface area contributed by atoms with E-state index in [1.165, 1.54) is 6.33 Å². The summed E-state index contributed by atoms with van der Waals surface area (Å²) in [5, 5.41) is 11.0. The van der Waals surface area contributed by atoms with Crippen molar-refractivity contribution in [3.63, 3.8) is 0 Å². The summed E-state index contributed by atoms with van der Waals surface area (Å²) in [6.07, 6.45) is 2.19. The van der Waals surface area contributed by atoms with Crippen molar-refractivity contribution in [3.8, 4) is 0 Å². The van der Waals surface area contributed by atoms with Gasteiger partial charge in [0, 0.05) is 18.7 Å². The maximum Gasteiger partial charge on any atom is 0.210 e. The van der Waals surface area contributed by atoms with Gasteiger partial charge in [-0.2, -0.15) is 0 Å². The molecule has 0 radical (unpaired) electrons. The number of primary sulfonamides is 1. The average Bonchev–Trinajstić information content (AvgIpc) is 2.28. The fourth-order valence-electron chi connectivity index (χ4n) is 1.53. The highest BCUT2D eigenvalue weighted by Crippen LogP contribution is 2.19. The summed E-state index contributed by atoms with van der Waals surface area (Å²) in [6, 6.07) is 0. The van der Waals surface area contributed by atoms with Crippen molar-refractivity contribution in [1.29, 1.82) is 0 Å². The van der Waals surface area contributed by atoms with Gasteiger partial charge < -0.3 is 10.6 Å². The number of anilines is 2. The van der Waals surface area contributed by atoms with Gasteiger partial charge in [-0.25, -0.2) is 23.5 Å².